The number of hydrogen-bond donors (Lipinski definition) is 1. The quantitative estimate of drug-likeness (QED) is 0.610. The van der Waals surface area contributed by atoms with Crippen molar-refractivity contribution in [2.75, 3.05) is 0 Å². The van der Waals surface area contributed by atoms with Gasteiger partial charge in [-0.1, -0.05) is 16.4 Å². The Hall–Kier alpha value is -3.07. The smallest absolute Gasteiger partial charge is 0.261 e. The highest BCUT2D eigenvalue weighted by Crippen LogP contribution is 2.20. The topological polar surface area (TPSA) is 98.7 Å². The van der Waals surface area contributed by atoms with E-state index in [4.69, 9.17) is 4.52 Å². The highest BCUT2D eigenvalue weighted by atomic mass is 32.1. The van der Waals surface area contributed by atoms with Crippen LogP contribution in [0, 0.1) is 0 Å². The van der Waals surface area contributed by atoms with Gasteiger partial charge in [-0.15, -0.1) is 16.4 Å². The van der Waals surface area contributed by atoms with Crippen LogP contribution >= 0.6 is 11.3 Å². The van der Waals surface area contributed by atoms with Crippen LogP contribution in [0.1, 0.15) is 15.6 Å². The lowest BCUT2D eigenvalue weighted by molar-refractivity contribution is 0.0950. The molecule has 0 aliphatic rings. The second kappa shape index (κ2) is 5.85. The number of aromatic nitrogens is 5. The summed E-state index contributed by atoms with van der Waals surface area (Å²) < 4.78 is 6.88. The summed E-state index contributed by atoms with van der Waals surface area (Å²) in [4.78, 5) is 16.9. The van der Waals surface area contributed by atoms with Crippen molar-refractivity contribution in [1.29, 1.82) is 0 Å². The summed E-state index contributed by atoms with van der Waals surface area (Å²) in [5.74, 6) is 0.642. The second-order valence-electron chi connectivity index (χ2n) is 5.09. The van der Waals surface area contributed by atoms with Gasteiger partial charge >= 0.3 is 0 Å². The number of benzene rings is 1. The zero-order valence-corrected chi connectivity index (χ0v) is 13.4. The second-order valence-corrected chi connectivity index (χ2v) is 6.04. The van der Waals surface area contributed by atoms with Crippen molar-refractivity contribution in [2.45, 2.75) is 6.54 Å². The molecule has 0 bridgehead atoms. The molecule has 0 radical (unpaired) electrons. The fourth-order valence-electron chi connectivity index (χ4n) is 2.26. The minimum absolute atomic E-state index is 0.160. The standard InChI is InChI=1S/C15H12N6O2S/c1-21-11-7-9(4-5-10(11)18-20-21)14-17-13(23-19-14)8-16-15(22)12-3-2-6-24-12/h2-7H,8H2,1H3,(H,16,22). The lowest BCUT2D eigenvalue weighted by Gasteiger charge is -1.98. The number of rotatable bonds is 4. The summed E-state index contributed by atoms with van der Waals surface area (Å²) in [6.07, 6.45) is 0. The van der Waals surface area contributed by atoms with Gasteiger partial charge < -0.3 is 9.84 Å². The number of nitrogens with one attached hydrogen (secondary N) is 1. The Morgan fingerprint density at radius 1 is 1.38 bits per heavy atom. The van der Waals surface area contributed by atoms with E-state index in [1.54, 1.807) is 10.7 Å². The van der Waals surface area contributed by atoms with E-state index in [9.17, 15) is 4.79 Å². The number of nitrogens with zero attached hydrogens (tertiary/aromatic N) is 5. The molecule has 0 fully saturated rings. The number of thiophene rings is 1. The van der Waals surface area contributed by atoms with E-state index in [-0.39, 0.29) is 12.5 Å². The minimum atomic E-state index is -0.160. The van der Waals surface area contributed by atoms with Crippen LogP contribution in [0.3, 0.4) is 0 Å². The summed E-state index contributed by atoms with van der Waals surface area (Å²) >= 11 is 1.38. The molecule has 3 heterocycles. The van der Waals surface area contributed by atoms with Gasteiger partial charge in [0.15, 0.2) is 0 Å². The van der Waals surface area contributed by atoms with Gasteiger partial charge in [0.25, 0.3) is 5.91 Å². The first-order chi connectivity index (χ1) is 11.7. The van der Waals surface area contributed by atoms with Crippen molar-refractivity contribution in [3.8, 4) is 11.4 Å². The molecule has 0 saturated carbocycles. The molecule has 0 atom stereocenters. The average Bonchev–Trinajstić information content (AvgIpc) is 3.34. The predicted molar refractivity (Wildman–Crippen MR) is 87.3 cm³/mol. The first-order valence-corrected chi connectivity index (χ1v) is 8.03. The van der Waals surface area contributed by atoms with E-state index < -0.39 is 0 Å². The number of hydrogen-bond acceptors (Lipinski definition) is 7. The van der Waals surface area contributed by atoms with Gasteiger partial charge in [-0.25, -0.2) is 4.68 Å². The molecule has 0 spiro atoms. The zero-order chi connectivity index (χ0) is 16.5. The SMILES string of the molecule is Cn1nnc2ccc(-c3noc(CNC(=O)c4cccs4)n3)cc21. The maximum absolute atomic E-state index is 11.9. The Kier molecular flexibility index (Phi) is 3.54. The Morgan fingerprint density at radius 3 is 3.12 bits per heavy atom. The van der Waals surface area contributed by atoms with Crippen LogP contribution < -0.4 is 5.32 Å². The van der Waals surface area contributed by atoms with Gasteiger partial charge in [-0.2, -0.15) is 4.98 Å². The number of fused-ring (bicyclic) bond motifs is 1. The molecule has 1 N–H and O–H groups in total. The van der Waals surface area contributed by atoms with Crippen molar-refractivity contribution < 1.29 is 9.32 Å². The molecule has 1 amide bonds. The van der Waals surface area contributed by atoms with Crippen LogP contribution in [0.25, 0.3) is 22.4 Å². The van der Waals surface area contributed by atoms with Crippen molar-refractivity contribution in [3.63, 3.8) is 0 Å². The fourth-order valence-corrected chi connectivity index (χ4v) is 2.90. The van der Waals surface area contributed by atoms with E-state index in [0.29, 0.717) is 16.6 Å². The maximum Gasteiger partial charge on any atom is 0.261 e. The first kappa shape index (κ1) is 14.5. The zero-order valence-electron chi connectivity index (χ0n) is 12.6. The molecule has 8 nitrogen and oxygen atoms in total. The monoisotopic (exact) mass is 340 g/mol. The summed E-state index contributed by atoms with van der Waals surface area (Å²) in [5, 5.41) is 16.6. The molecule has 24 heavy (non-hydrogen) atoms. The van der Waals surface area contributed by atoms with Crippen LogP contribution in [0.5, 0.6) is 0 Å². The predicted octanol–water partition coefficient (Wildman–Crippen LogP) is 2.01. The van der Waals surface area contributed by atoms with Gasteiger partial charge in [-0.05, 0) is 29.6 Å². The molecule has 4 rings (SSSR count). The number of amides is 1. The number of carbonyl (C=O) groups excluding carboxylic acids is 1. The molecule has 0 aliphatic heterocycles. The molecule has 0 aliphatic carbocycles. The highest BCUT2D eigenvalue weighted by molar-refractivity contribution is 7.12. The van der Waals surface area contributed by atoms with Crippen LogP contribution in [0.15, 0.2) is 40.2 Å². The number of aryl methyl sites for hydroxylation is 1. The summed E-state index contributed by atoms with van der Waals surface area (Å²) in [6.45, 7) is 0.180. The normalized spacial score (nSPS) is 11.0. The third-order valence-corrected chi connectivity index (χ3v) is 4.35. The summed E-state index contributed by atoms with van der Waals surface area (Å²) in [5.41, 5.74) is 2.48. The highest BCUT2D eigenvalue weighted by Gasteiger charge is 2.12. The van der Waals surface area contributed by atoms with E-state index in [1.165, 1.54) is 11.3 Å². The third kappa shape index (κ3) is 2.65. The summed E-state index contributed by atoms with van der Waals surface area (Å²) in [6, 6.07) is 9.19. The fraction of sp³-hybridized carbons (Fsp3) is 0.133. The minimum Gasteiger partial charge on any atom is -0.342 e. The molecule has 0 unspecified atom stereocenters. The van der Waals surface area contributed by atoms with Crippen molar-refractivity contribution in [3.05, 3.63) is 46.5 Å². The molecular formula is C15H12N6O2S. The lowest BCUT2D eigenvalue weighted by Crippen LogP contribution is -2.21. The Balaban J connectivity index is 1.51. The van der Waals surface area contributed by atoms with Crippen LogP contribution in [0.4, 0.5) is 0 Å². The average molecular weight is 340 g/mol. The number of carbonyl (C=O) groups is 1. The molecular weight excluding hydrogens is 328 g/mol. The molecule has 4 aromatic rings. The van der Waals surface area contributed by atoms with Gasteiger partial charge in [0.1, 0.15) is 5.52 Å². The molecule has 9 heteroatoms. The van der Waals surface area contributed by atoms with Crippen LogP contribution in [-0.4, -0.2) is 31.0 Å². The largest absolute Gasteiger partial charge is 0.342 e. The molecule has 0 saturated heterocycles. The molecule has 120 valence electrons. The Labute approximate surface area is 140 Å². The lowest BCUT2D eigenvalue weighted by atomic mass is 10.2. The third-order valence-electron chi connectivity index (χ3n) is 3.48. The molecule has 1 aromatic carbocycles. The van der Waals surface area contributed by atoms with Crippen molar-refractivity contribution in [2.24, 2.45) is 7.05 Å². The van der Waals surface area contributed by atoms with E-state index in [2.05, 4.69) is 25.8 Å². The van der Waals surface area contributed by atoms with E-state index in [0.717, 1.165) is 16.6 Å². The van der Waals surface area contributed by atoms with E-state index in [1.807, 2.05) is 36.7 Å². The van der Waals surface area contributed by atoms with Gasteiger partial charge in [-0.3, -0.25) is 4.79 Å². The van der Waals surface area contributed by atoms with Crippen molar-refractivity contribution >= 4 is 28.3 Å². The molecule has 3 aromatic heterocycles. The van der Waals surface area contributed by atoms with Crippen LogP contribution in [0.2, 0.25) is 0 Å². The Bertz CT molecular complexity index is 1000. The van der Waals surface area contributed by atoms with Crippen molar-refractivity contribution in [1.82, 2.24) is 30.5 Å². The van der Waals surface area contributed by atoms with E-state index >= 15 is 0 Å². The maximum atomic E-state index is 11.9. The van der Waals surface area contributed by atoms with Gasteiger partial charge in [0, 0.05) is 12.6 Å². The van der Waals surface area contributed by atoms with Gasteiger partial charge in [0.2, 0.25) is 11.7 Å². The Morgan fingerprint density at radius 2 is 2.29 bits per heavy atom. The first-order valence-electron chi connectivity index (χ1n) is 7.15. The van der Waals surface area contributed by atoms with Crippen LogP contribution in [-0.2, 0) is 13.6 Å². The van der Waals surface area contributed by atoms with Gasteiger partial charge in [0.05, 0.1) is 16.9 Å². The summed E-state index contributed by atoms with van der Waals surface area (Å²) in [7, 11) is 1.82.